The smallest absolute Gasteiger partial charge is 0.144 e. The third kappa shape index (κ3) is 5.84. The number of ether oxygens (including phenoxy) is 2. The Kier molecular flexibility index (Phi) is 8.19. The number of rotatable bonds is 10. The highest BCUT2D eigenvalue weighted by molar-refractivity contribution is 5.88. The number of hydrogen-bond acceptors (Lipinski definition) is 10. The van der Waals surface area contributed by atoms with Crippen LogP contribution in [0, 0.1) is 5.41 Å². The molecular formula is C26H34N8O2. The van der Waals surface area contributed by atoms with Gasteiger partial charge in [-0.25, -0.2) is 9.97 Å². The maximum atomic E-state index is 7.68. The predicted molar refractivity (Wildman–Crippen MR) is 146 cm³/mol. The van der Waals surface area contributed by atoms with E-state index >= 15 is 0 Å². The maximum Gasteiger partial charge on any atom is 0.144 e. The number of methoxy groups -OCH3 is 1. The lowest BCUT2D eigenvalue weighted by Crippen LogP contribution is -2.40. The Bertz CT molecular complexity index is 1200. The molecule has 36 heavy (non-hydrogen) atoms. The summed E-state index contributed by atoms with van der Waals surface area (Å²) in [5.74, 6) is 1.28. The van der Waals surface area contributed by atoms with Crippen molar-refractivity contribution in [2.24, 2.45) is 0 Å². The number of nitrogens with zero attached hydrogens (tertiary/aromatic N) is 4. The number of morpholine rings is 1. The summed E-state index contributed by atoms with van der Waals surface area (Å²) in [7, 11) is 5.51. The average molecular weight is 491 g/mol. The van der Waals surface area contributed by atoms with Crippen molar-refractivity contribution in [2.45, 2.75) is 0 Å². The molecular weight excluding hydrogens is 456 g/mol. The zero-order chi connectivity index (χ0) is 25.5. The quantitative estimate of drug-likeness (QED) is 0.250. The van der Waals surface area contributed by atoms with Gasteiger partial charge in [-0.1, -0.05) is 6.07 Å². The molecule has 4 rings (SSSR count). The van der Waals surface area contributed by atoms with Gasteiger partial charge in [-0.2, -0.15) is 0 Å². The van der Waals surface area contributed by atoms with Crippen LogP contribution in [0.3, 0.4) is 0 Å². The summed E-state index contributed by atoms with van der Waals surface area (Å²) in [6.45, 7) is 5.28. The van der Waals surface area contributed by atoms with E-state index in [0.29, 0.717) is 17.3 Å². The summed E-state index contributed by atoms with van der Waals surface area (Å²) in [6, 6.07) is 11.5. The van der Waals surface area contributed by atoms with Crippen molar-refractivity contribution in [2.75, 3.05) is 81.9 Å². The Morgan fingerprint density at radius 2 is 1.97 bits per heavy atom. The van der Waals surface area contributed by atoms with Gasteiger partial charge < -0.3 is 36.2 Å². The van der Waals surface area contributed by atoms with Crippen LogP contribution >= 0.6 is 0 Å². The lowest BCUT2D eigenvalue weighted by atomic mass is 10.1. The number of nitrogen functional groups attached to an aromatic ring is 1. The molecule has 2 heterocycles. The predicted octanol–water partition coefficient (Wildman–Crippen LogP) is 3.29. The average Bonchev–Trinajstić information content (AvgIpc) is 2.92. The van der Waals surface area contributed by atoms with E-state index in [1.165, 1.54) is 12.5 Å². The highest BCUT2D eigenvalue weighted by atomic mass is 16.5. The molecule has 1 saturated heterocycles. The Hall–Kier alpha value is -3.89. The van der Waals surface area contributed by atoms with E-state index in [0.717, 1.165) is 73.3 Å². The summed E-state index contributed by atoms with van der Waals surface area (Å²) in [6.07, 6.45) is 2.83. The molecule has 1 aliphatic rings. The third-order valence-electron chi connectivity index (χ3n) is 6.32. The van der Waals surface area contributed by atoms with Gasteiger partial charge in [0.05, 0.1) is 43.1 Å². The first-order chi connectivity index (χ1) is 17.5. The normalized spacial score (nSPS) is 13.8. The molecule has 1 aromatic heterocycles. The van der Waals surface area contributed by atoms with Crippen LogP contribution in [0.4, 0.5) is 28.6 Å². The van der Waals surface area contributed by atoms with E-state index in [9.17, 15) is 0 Å². The zero-order valence-corrected chi connectivity index (χ0v) is 21.0. The SMILES string of the molecule is CNc1ccc(-c2cc(Nc3cc(N)c(N(C)CCN4CCOCC4)cc3OC)ncn2)cc1C=N. The molecule has 0 aliphatic carbocycles. The summed E-state index contributed by atoms with van der Waals surface area (Å²) < 4.78 is 11.1. The van der Waals surface area contributed by atoms with Gasteiger partial charge in [0.25, 0.3) is 0 Å². The van der Waals surface area contributed by atoms with Gasteiger partial charge in [-0.05, 0) is 18.2 Å². The molecule has 0 saturated carbocycles. The Labute approximate surface area is 212 Å². The van der Waals surface area contributed by atoms with Crippen molar-refractivity contribution >= 4 is 34.8 Å². The number of hydrogen-bond donors (Lipinski definition) is 4. The van der Waals surface area contributed by atoms with Crippen molar-refractivity contribution < 1.29 is 9.47 Å². The lowest BCUT2D eigenvalue weighted by Gasteiger charge is -2.30. The van der Waals surface area contributed by atoms with E-state index in [1.807, 2.05) is 50.5 Å². The monoisotopic (exact) mass is 490 g/mol. The number of nitrogens with two attached hydrogens (primary N) is 1. The first kappa shape index (κ1) is 25.2. The number of anilines is 5. The summed E-state index contributed by atoms with van der Waals surface area (Å²) in [5, 5.41) is 14.1. The second-order valence-electron chi connectivity index (χ2n) is 8.60. The highest BCUT2D eigenvalue weighted by Gasteiger charge is 2.16. The van der Waals surface area contributed by atoms with Gasteiger partial charge in [0.15, 0.2) is 0 Å². The van der Waals surface area contributed by atoms with E-state index in [1.54, 1.807) is 7.11 Å². The molecule has 0 spiro atoms. The van der Waals surface area contributed by atoms with E-state index in [-0.39, 0.29) is 0 Å². The van der Waals surface area contributed by atoms with Gasteiger partial charge in [-0.3, -0.25) is 4.90 Å². The van der Waals surface area contributed by atoms with E-state index in [2.05, 4.69) is 30.4 Å². The molecule has 1 aliphatic heterocycles. The molecule has 1 fully saturated rings. The number of aromatic nitrogens is 2. The van der Waals surface area contributed by atoms with Gasteiger partial charge in [0, 0.05) is 75.4 Å². The molecule has 0 radical (unpaired) electrons. The first-order valence-electron chi connectivity index (χ1n) is 11.9. The molecule has 0 amide bonds. The van der Waals surface area contributed by atoms with Crippen LogP contribution in [-0.2, 0) is 4.74 Å². The molecule has 190 valence electrons. The lowest BCUT2D eigenvalue weighted by molar-refractivity contribution is 0.0393. The minimum Gasteiger partial charge on any atom is -0.494 e. The standard InChI is InChI=1S/C26H34N8O2/c1-29-21-5-4-18(12-19(21)16-27)22-14-26(31-17-30-22)32-23-13-20(28)24(15-25(23)35-3)33(2)6-7-34-8-10-36-11-9-34/h4-5,12-17,27,29H,6-11,28H2,1-3H3,(H,30,31,32). The summed E-state index contributed by atoms with van der Waals surface area (Å²) >= 11 is 0. The fraction of sp³-hybridized carbons (Fsp3) is 0.346. The van der Waals surface area contributed by atoms with Crippen LogP contribution in [0.5, 0.6) is 5.75 Å². The highest BCUT2D eigenvalue weighted by Crippen LogP contribution is 2.36. The number of nitrogens with one attached hydrogen (secondary N) is 3. The molecule has 5 N–H and O–H groups in total. The molecule has 10 nitrogen and oxygen atoms in total. The topological polar surface area (TPSA) is 125 Å². The number of benzene rings is 2. The van der Waals surface area contributed by atoms with Crippen molar-refractivity contribution in [3.63, 3.8) is 0 Å². The fourth-order valence-corrected chi connectivity index (χ4v) is 4.21. The van der Waals surface area contributed by atoms with E-state index in [4.69, 9.17) is 20.6 Å². The molecule has 0 bridgehead atoms. The fourth-order valence-electron chi connectivity index (χ4n) is 4.21. The maximum absolute atomic E-state index is 7.68. The van der Waals surface area contributed by atoms with Crippen LogP contribution in [-0.4, -0.2) is 81.7 Å². The Morgan fingerprint density at radius 3 is 2.69 bits per heavy atom. The third-order valence-corrected chi connectivity index (χ3v) is 6.32. The van der Waals surface area contributed by atoms with Crippen LogP contribution in [0.2, 0.25) is 0 Å². The number of likely N-dealkylation sites (N-methyl/N-ethyl adjacent to an activating group) is 1. The van der Waals surface area contributed by atoms with Crippen LogP contribution in [0.15, 0.2) is 42.7 Å². The second kappa shape index (κ2) is 11.7. The minimum atomic E-state index is 0.611. The molecule has 0 unspecified atom stereocenters. The second-order valence-corrected chi connectivity index (χ2v) is 8.60. The van der Waals surface area contributed by atoms with E-state index < -0.39 is 0 Å². The largest absolute Gasteiger partial charge is 0.494 e. The molecule has 0 atom stereocenters. The molecule has 10 heteroatoms. The van der Waals surface area contributed by atoms with Gasteiger partial charge in [0.1, 0.15) is 17.9 Å². The van der Waals surface area contributed by atoms with Crippen molar-refractivity contribution in [1.82, 2.24) is 14.9 Å². The van der Waals surface area contributed by atoms with Gasteiger partial charge >= 0.3 is 0 Å². The van der Waals surface area contributed by atoms with Crippen LogP contribution < -0.4 is 26.0 Å². The summed E-state index contributed by atoms with van der Waals surface area (Å²) in [5.41, 5.74) is 12.0. The zero-order valence-electron chi connectivity index (χ0n) is 21.0. The first-order valence-corrected chi connectivity index (χ1v) is 11.9. The van der Waals surface area contributed by atoms with Crippen molar-refractivity contribution in [3.8, 4) is 17.0 Å². The molecule has 2 aromatic carbocycles. The minimum absolute atomic E-state index is 0.611. The molecule has 3 aromatic rings. The van der Waals surface area contributed by atoms with Gasteiger partial charge in [-0.15, -0.1) is 0 Å². The Morgan fingerprint density at radius 1 is 1.17 bits per heavy atom. The van der Waals surface area contributed by atoms with Gasteiger partial charge in [0.2, 0.25) is 0 Å². The summed E-state index contributed by atoms with van der Waals surface area (Å²) in [4.78, 5) is 13.3. The Balaban J connectivity index is 1.52. The van der Waals surface area contributed by atoms with Crippen LogP contribution in [0.25, 0.3) is 11.3 Å². The van der Waals surface area contributed by atoms with Crippen LogP contribution in [0.1, 0.15) is 5.56 Å². The van der Waals surface area contributed by atoms with Crippen molar-refractivity contribution in [3.05, 3.63) is 48.3 Å². The van der Waals surface area contributed by atoms with Crippen molar-refractivity contribution in [1.29, 1.82) is 5.41 Å².